The highest BCUT2D eigenvalue weighted by molar-refractivity contribution is 6.71. The summed E-state index contributed by atoms with van der Waals surface area (Å²) in [5, 5.41) is 0. The van der Waals surface area contributed by atoms with E-state index in [4.69, 9.17) is 4.43 Å². The third kappa shape index (κ3) is 18.4. The number of unbranched alkanes of at least 4 members (excludes halogenated alkanes) is 12. The Morgan fingerprint density at radius 3 is 1.30 bits per heavy atom. The minimum absolute atomic E-state index is 0.892. The van der Waals surface area contributed by atoms with Crippen molar-refractivity contribution in [1.29, 1.82) is 0 Å². The molecule has 0 aliphatic rings. The van der Waals surface area contributed by atoms with Crippen LogP contribution in [0.1, 0.15) is 104 Å². The first-order valence-electron chi connectivity index (χ1n) is 10.5. The molecule has 0 aliphatic heterocycles. The third-order valence-electron chi connectivity index (χ3n) is 5.11. The van der Waals surface area contributed by atoms with Gasteiger partial charge in [0.05, 0.1) is 0 Å². The van der Waals surface area contributed by atoms with Crippen LogP contribution in [0.25, 0.3) is 0 Å². The van der Waals surface area contributed by atoms with E-state index in [-0.39, 0.29) is 0 Å². The Morgan fingerprint density at radius 1 is 0.609 bits per heavy atom. The molecule has 0 fully saturated rings. The summed E-state index contributed by atoms with van der Waals surface area (Å²) in [6, 6.07) is 1.33. The topological polar surface area (TPSA) is 9.23 Å². The summed E-state index contributed by atoms with van der Waals surface area (Å²) in [6.45, 7) is 9.33. The molecule has 0 radical (unpaired) electrons. The van der Waals surface area contributed by atoms with Gasteiger partial charge in [-0.25, -0.2) is 0 Å². The normalized spacial score (nSPS) is 12.3. The van der Waals surface area contributed by atoms with Gasteiger partial charge >= 0.3 is 0 Å². The average Bonchev–Trinajstić information content (AvgIpc) is 2.50. The Labute approximate surface area is 149 Å². The van der Waals surface area contributed by atoms with Gasteiger partial charge in [0, 0.05) is 7.11 Å². The fourth-order valence-corrected chi connectivity index (χ4v) is 4.46. The average molecular weight is 343 g/mol. The van der Waals surface area contributed by atoms with Gasteiger partial charge in [-0.3, -0.25) is 0 Å². The fraction of sp³-hybridized carbons (Fsp3) is 1.00. The highest BCUT2D eigenvalue weighted by Crippen LogP contribution is 2.17. The minimum atomic E-state index is -1.29. The maximum Gasteiger partial charge on any atom is 0.186 e. The lowest BCUT2D eigenvalue weighted by atomic mass is 10.0. The Balaban J connectivity index is 3.08. The maximum atomic E-state index is 5.60. The SMILES string of the molecule is CO[Si](C)(C)CCCCCCCCCCCCCCCC(C)C. The largest absolute Gasteiger partial charge is 0.420 e. The molecule has 23 heavy (non-hydrogen) atoms. The summed E-state index contributed by atoms with van der Waals surface area (Å²) in [7, 11) is 0.601. The molecule has 0 rings (SSSR count). The van der Waals surface area contributed by atoms with Crippen molar-refractivity contribution in [1.82, 2.24) is 0 Å². The van der Waals surface area contributed by atoms with Crippen molar-refractivity contribution in [3.05, 3.63) is 0 Å². The molecule has 0 unspecified atom stereocenters. The smallest absolute Gasteiger partial charge is 0.186 e. The fourth-order valence-electron chi connectivity index (χ4n) is 3.15. The van der Waals surface area contributed by atoms with Crippen LogP contribution in [-0.2, 0) is 4.43 Å². The lowest BCUT2D eigenvalue weighted by Crippen LogP contribution is -2.27. The van der Waals surface area contributed by atoms with E-state index >= 15 is 0 Å². The molecule has 0 aromatic rings. The van der Waals surface area contributed by atoms with Crippen LogP contribution in [0, 0.1) is 5.92 Å². The Morgan fingerprint density at radius 2 is 0.957 bits per heavy atom. The monoisotopic (exact) mass is 342 g/mol. The van der Waals surface area contributed by atoms with E-state index in [9.17, 15) is 0 Å². The molecule has 1 nitrogen and oxygen atoms in total. The van der Waals surface area contributed by atoms with E-state index in [1.807, 2.05) is 7.11 Å². The Bertz CT molecular complexity index is 238. The van der Waals surface area contributed by atoms with Crippen LogP contribution < -0.4 is 0 Å². The zero-order valence-electron chi connectivity index (χ0n) is 17.1. The predicted octanol–water partition coefficient (Wildman–Crippen LogP) is 7.96. The summed E-state index contributed by atoms with van der Waals surface area (Å²) in [5.74, 6) is 0.892. The second kappa shape index (κ2) is 15.7. The van der Waals surface area contributed by atoms with Crippen molar-refractivity contribution >= 4 is 8.32 Å². The molecular formula is C21H46OSi. The molecule has 2 heteroatoms. The van der Waals surface area contributed by atoms with Crippen molar-refractivity contribution in [2.24, 2.45) is 5.92 Å². The van der Waals surface area contributed by atoms with Gasteiger partial charge in [-0.15, -0.1) is 0 Å². The van der Waals surface area contributed by atoms with Gasteiger partial charge < -0.3 is 4.43 Å². The van der Waals surface area contributed by atoms with Crippen LogP contribution in [0.4, 0.5) is 0 Å². The van der Waals surface area contributed by atoms with Gasteiger partial charge in [-0.2, -0.15) is 0 Å². The van der Waals surface area contributed by atoms with E-state index in [0.29, 0.717) is 0 Å². The van der Waals surface area contributed by atoms with Gasteiger partial charge in [0.15, 0.2) is 8.32 Å². The maximum absolute atomic E-state index is 5.60. The van der Waals surface area contributed by atoms with Gasteiger partial charge in [-0.1, -0.05) is 104 Å². The summed E-state index contributed by atoms with van der Waals surface area (Å²) in [5.41, 5.74) is 0. The highest BCUT2D eigenvalue weighted by atomic mass is 28.4. The van der Waals surface area contributed by atoms with Crippen LogP contribution in [0.5, 0.6) is 0 Å². The first-order valence-corrected chi connectivity index (χ1v) is 13.6. The lowest BCUT2D eigenvalue weighted by Gasteiger charge is -2.19. The molecule has 0 heterocycles. The molecule has 0 bridgehead atoms. The van der Waals surface area contributed by atoms with Crippen molar-refractivity contribution in [3.63, 3.8) is 0 Å². The van der Waals surface area contributed by atoms with E-state index < -0.39 is 8.32 Å². The van der Waals surface area contributed by atoms with Gasteiger partial charge in [0.1, 0.15) is 0 Å². The standard InChI is InChI=1S/C21H46OSi/c1-21(2)19-17-15-13-11-9-7-6-8-10-12-14-16-18-20-23(4,5)22-3/h21H,6-20H2,1-5H3. The lowest BCUT2D eigenvalue weighted by molar-refractivity contribution is 0.400. The molecule has 0 amide bonds. The molecule has 0 atom stereocenters. The Hall–Kier alpha value is 0.177. The van der Waals surface area contributed by atoms with Crippen LogP contribution in [0.2, 0.25) is 19.1 Å². The van der Waals surface area contributed by atoms with Crippen molar-refractivity contribution in [2.45, 2.75) is 123 Å². The van der Waals surface area contributed by atoms with Crippen molar-refractivity contribution in [3.8, 4) is 0 Å². The predicted molar refractivity (Wildman–Crippen MR) is 109 cm³/mol. The van der Waals surface area contributed by atoms with E-state index in [0.717, 1.165) is 5.92 Å². The van der Waals surface area contributed by atoms with Gasteiger partial charge in [0.25, 0.3) is 0 Å². The van der Waals surface area contributed by atoms with Gasteiger partial charge in [0.2, 0.25) is 0 Å². The third-order valence-corrected chi connectivity index (χ3v) is 7.78. The van der Waals surface area contributed by atoms with E-state index in [1.165, 1.54) is 95.9 Å². The molecule has 0 saturated carbocycles. The zero-order chi connectivity index (χ0) is 17.4. The van der Waals surface area contributed by atoms with Crippen LogP contribution in [0.3, 0.4) is 0 Å². The number of rotatable bonds is 17. The zero-order valence-corrected chi connectivity index (χ0v) is 18.1. The second-order valence-corrected chi connectivity index (χ2v) is 12.9. The minimum Gasteiger partial charge on any atom is -0.420 e. The second-order valence-electron chi connectivity index (χ2n) is 8.49. The molecule has 140 valence electrons. The van der Waals surface area contributed by atoms with Crippen LogP contribution in [0.15, 0.2) is 0 Å². The number of hydrogen-bond acceptors (Lipinski definition) is 1. The summed E-state index contributed by atoms with van der Waals surface area (Å²) >= 11 is 0. The molecule has 0 aromatic heterocycles. The number of hydrogen-bond donors (Lipinski definition) is 0. The first-order chi connectivity index (χ1) is 11.0. The molecule has 0 aliphatic carbocycles. The van der Waals surface area contributed by atoms with Gasteiger partial charge in [-0.05, 0) is 25.1 Å². The Kier molecular flexibility index (Phi) is 15.8. The molecular weight excluding hydrogens is 296 g/mol. The van der Waals surface area contributed by atoms with E-state index in [2.05, 4.69) is 26.9 Å². The molecule has 0 aromatic carbocycles. The highest BCUT2D eigenvalue weighted by Gasteiger charge is 2.18. The molecule has 0 N–H and O–H groups in total. The van der Waals surface area contributed by atoms with Crippen molar-refractivity contribution in [2.75, 3.05) is 7.11 Å². The van der Waals surface area contributed by atoms with Crippen molar-refractivity contribution < 1.29 is 4.43 Å². The summed E-state index contributed by atoms with van der Waals surface area (Å²) < 4.78 is 5.60. The summed E-state index contributed by atoms with van der Waals surface area (Å²) in [4.78, 5) is 0. The first kappa shape index (κ1) is 23.2. The van der Waals surface area contributed by atoms with Crippen LogP contribution in [-0.4, -0.2) is 15.4 Å². The molecule has 0 spiro atoms. The quantitative estimate of drug-likeness (QED) is 0.192. The molecule has 0 saturated heterocycles. The summed E-state index contributed by atoms with van der Waals surface area (Å²) in [6.07, 6.45) is 20.3. The van der Waals surface area contributed by atoms with Crippen LogP contribution >= 0.6 is 0 Å². The van der Waals surface area contributed by atoms with E-state index in [1.54, 1.807) is 0 Å².